The molecule has 0 atom stereocenters. The zero-order valence-corrected chi connectivity index (χ0v) is 39.1. The van der Waals surface area contributed by atoms with Crippen molar-refractivity contribution in [3.63, 3.8) is 0 Å². The van der Waals surface area contributed by atoms with E-state index < -0.39 is 9.85 Å². The van der Waals surface area contributed by atoms with E-state index in [4.69, 9.17) is 19.9 Å². The highest BCUT2D eigenvalue weighted by Crippen LogP contribution is 2.36. The van der Waals surface area contributed by atoms with E-state index in [1.165, 1.54) is 30.4 Å². The minimum absolute atomic E-state index is 0.0524. The molecule has 3 N–H and O–H groups in total. The second-order valence-electron chi connectivity index (χ2n) is 17.7. The molecule has 4 aromatic carbocycles. The Labute approximate surface area is 380 Å². The van der Waals surface area contributed by atoms with Crippen LogP contribution in [0.25, 0.3) is 0 Å². The lowest BCUT2D eigenvalue weighted by molar-refractivity contribution is -0.386. The normalized spacial score (nSPS) is 15.9. The topological polar surface area (TPSA) is 216 Å². The molecule has 0 amide bonds. The second-order valence-corrected chi connectivity index (χ2v) is 17.7. The highest BCUT2D eigenvalue weighted by Gasteiger charge is 2.25. The highest BCUT2D eigenvalue weighted by atomic mass is 16.6. The van der Waals surface area contributed by atoms with Gasteiger partial charge in [-0.25, -0.2) is 0 Å². The summed E-state index contributed by atoms with van der Waals surface area (Å²) in [5.41, 5.74) is 15.7. The molecule has 0 saturated heterocycles. The number of phenolic OH excluding ortho intramolecular Hbond substituents is 1. The van der Waals surface area contributed by atoms with E-state index in [2.05, 4.69) is 38.8 Å². The zero-order chi connectivity index (χ0) is 47.7. The molecule has 4 heterocycles. The smallest absolute Gasteiger partial charge is 0.311 e. The zero-order valence-electron chi connectivity index (χ0n) is 39.1. The van der Waals surface area contributed by atoms with Gasteiger partial charge in [0.15, 0.2) is 17.2 Å². The first kappa shape index (κ1) is 49.9. The number of hydrogen-bond donors (Lipinski definition) is 2. The monoisotopic (exact) mass is 900 g/mol. The Balaban J connectivity index is 0.000000163. The maximum Gasteiger partial charge on any atom is 0.311 e. The van der Waals surface area contributed by atoms with Crippen molar-refractivity contribution in [2.45, 2.75) is 91.8 Å². The number of methoxy groups -OCH3 is 1. The van der Waals surface area contributed by atoms with Crippen LogP contribution in [0.5, 0.6) is 23.0 Å². The SMILES string of the molecule is CC(C)Oc1cc2c(cc1N)CN(C)CC2.CC(C)Oc1cc2c(cc1[N+](=O)[O-])CN(C)CC2.CN1CCc2cc(O)c([N+](=O)[O-])cc2C1.COc1cc2c(cc1[N+](=O)[O-])CN(C)CC2. The maximum absolute atomic E-state index is 11.1. The highest BCUT2D eigenvalue weighted by molar-refractivity contribution is 5.58. The van der Waals surface area contributed by atoms with Crippen molar-refractivity contribution in [2.75, 3.05) is 67.2 Å². The summed E-state index contributed by atoms with van der Waals surface area (Å²) in [4.78, 5) is 40.0. The molecular weight excluding hydrogens is 837 g/mol. The third-order valence-corrected chi connectivity index (χ3v) is 11.5. The van der Waals surface area contributed by atoms with E-state index in [0.717, 1.165) is 116 Å². The first-order valence-electron chi connectivity index (χ1n) is 21.8. The van der Waals surface area contributed by atoms with Crippen LogP contribution in [0.15, 0.2) is 48.5 Å². The Morgan fingerprint density at radius 3 is 1.22 bits per heavy atom. The number of nitrogens with zero attached hydrogens (tertiary/aromatic N) is 7. The number of phenols is 1. The molecular formula is C47H64N8O10. The molecule has 0 unspecified atom stereocenters. The lowest BCUT2D eigenvalue weighted by Crippen LogP contribution is -2.26. The summed E-state index contributed by atoms with van der Waals surface area (Å²) in [6.07, 6.45) is 3.86. The van der Waals surface area contributed by atoms with Gasteiger partial charge in [-0.15, -0.1) is 0 Å². The van der Waals surface area contributed by atoms with Crippen molar-refractivity contribution in [3.05, 3.63) is 123 Å². The van der Waals surface area contributed by atoms with E-state index in [9.17, 15) is 35.4 Å². The Bertz CT molecular complexity index is 2360. The summed E-state index contributed by atoms with van der Waals surface area (Å²) in [5.74, 6) is 1.34. The molecule has 352 valence electrons. The van der Waals surface area contributed by atoms with Gasteiger partial charge in [0.05, 0.1) is 39.8 Å². The minimum Gasteiger partial charge on any atom is -0.502 e. The van der Waals surface area contributed by atoms with Crippen molar-refractivity contribution in [3.8, 4) is 23.0 Å². The van der Waals surface area contributed by atoms with Gasteiger partial charge in [0.1, 0.15) is 5.75 Å². The van der Waals surface area contributed by atoms with Gasteiger partial charge in [-0.05, 0) is 156 Å². The third kappa shape index (κ3) is 13.5. The van der Waals surface area contributed by atoms with Crippen LogP contribution < -0.4 is 19.9 Å². The molecule has 0 saturated carbocycles. The van der Waals surface area contributed by atoms with Gasteiger partial charge in [0, 0.05) is 70.6 Å². The molecule has 0 bridgehead atoms. The van der Waals surface area contributed by atoms with Crippen LogP contribution in [-0.2, 0) is 51.9 Å². The Morgan fingerprint density at radius 1 is 0.508 bits per heavy atom. The van der Waals surface area contributed by atoms with E-state index in [1.54, 1.807) is 18.2 Å². The largest absolute Gasteiger partial charge is 0.502 e. The Morgan fingerprint density at radius 2 is 0.831 bits per heavy atom. The van der Waals surface area contributed by atoms with Crippen LogP contribution in [0.1, 0.15) is 72.2 Å². The van der Waals surface area contributed by atoms with Crippen LogP contribution in [0.3, 0.4) is 0 Å². The van der Waals surface area contributed by atoms with Gasteiger partial charge in [0.25, 0.3) is 0 Å². The molecule has 0 fully saturated rings. The number of fused-ring (bicyclic) bond motifs is 4. The number of aromatic hydroxyl groups is 1. The number of nitro groups is 3. The predicted molar refractivity (Wildman–Crippen MR) is 250 cm³/mol. The lowest BCUT2D eigenvalue weighted by atomic mass is 9.99. The van der Waals surface area contributed by atoms with Crippen molar-refractivity contribution >= 4 is 22.7 Å². The van der Waals surface area contributed by atoms with Crippen LogP contribution in [0.4, 0.5) is 22.7 Å². The number of hydrogen-bond acceptors (Lipinski definition) is 15. The van der Waals surface area contributed by atoms with Gasteiger partial charge < -0.3 is 44.7 Å². The second kappa shape index (κ2) is 22.2. The summed E-state index contributed by atoms with van der Waals surface area (Å²) in [5, 5.41) is 42.0. The van der Waals surface area contributed by atoms with Crippen molar-refractivity contribution in [1.82, 2.24) is 19.6 Å². The molecule has 0 spiro atoms. The van der Waals surface area contributed by atoms with Crippen LogP contribution in [0.2, 0.25) is 0 Å². The van der Waals surface area contributed by atoms with Crippen molar-refractivity contribution in [1.29, 1.82) is 0 Å². The first-order valence-corrected chi connectivity index (χ1v) is 21.8. The molecule has 0 aromatic heterocycles. The fourth-order valence-corrected chi connectivity index (χ4v) is 8.20. The molecule has 18 heteroatoms. The standard InChI is InChI=1S/C13H18N2O3.C13H20N2O.C11H14N2O3.C10H12N2O3/c1-9(2)18-13-7-10-4-5-14(3)8-11(10)6-12(13)15(16)17;1-9(2)16-13-7-10-4-5-15(3)8-11(10)6-12(13)14;1-12-4-3-8-6-11(16-2)10(13(14)15)5-9(8)7-12;1-11-3-2-7-5-10(13)9(12(14)15)4-8(7)6-11/h6-7,9H,4-5,8H2,1-3H3;6-7,9H,4-5,8,14H2,1-3H3;5-6H,3-4,7H2,1-2H3;4-5,13H,2-3,6H2,1H3. The number of benzene rings is 4. The summed E-state index contributed by atoms with van der Waals surface area (Å²) in [7, 11) is 9.61. The van der Waals surface area contributed by atoms with Gasteiger partial charge >= 0.3 is 17.1 Å². The van der Waals surface area contributed by atoms with Crippen LogP contribution in [-0.4, -0.2) is 113 Å². The number of nitrogens with two attached hydrogens (primary N) is 1. The summed E-state index contributed by atoms with van der Waals surface area (Å²) >= 11 is 0. The van der Waals surface area contributed by atoms with E-state index in [1.807, 2.05) is 54.9 Å². The molecule has 8 rings (SSSR count). The van der Waals surface area contributed by atoms with E-state index in [-0.39, 0.29) is 39.9 Å². The number of anilines is 1. The van der Waals surface area contributed by atoms with Gasteiger partial charge in [-0.2, -0.15) is 0 Å². The van der Waals surface area contributed by atoms with Crippen molar-refractivity contribution < 1.29 is 34.1 Å². The fourth-order valence-electron chi connectivity index (χ4n) is 8.20. The Kier molecular flexibility index (Phi) is 17.1. The molecule has 4 aliphatic rings. The molecule has 18 nitrogen and oxygen atoms in total. The molecule has 0 radical (unpaired) electrons. The number of likely N-dealkylation sites (N-methyl/N-ethyl adjacent to an activating group) is 4. The third-order valence-electron chi connectivity index (χ3n) is 11.5. The Hall–Kier alpha value is -6.08. The first-order chi connectivity index (χ1) is 30.7. The van der Waals surface area contributed by atoms with Gasteiger partial charge in [-0.1, -0.05) is 0 Å². The average Bonchev–Trinajstić information content (AvgIpc) is 3.23. The summed E-state index contributed by atoms with van der Waals surface area (Å²) in [6, 6.07) is 14.1. The van der Waals surface area contributed by atoms with Crippen molar-refractivity contribution in [2.24, 2.45) is 0 Å². The molecule has 65 heavy (non-hydrogen) atoms. The van der Waals surface area contributed by atoms with Crippen LogP contribution >= 0.6 is 0 Å². The quantitative estimate of drug-likeness (QED) is 0.101. The predicted octanol–water partition coefficient (Wildman–Crippen LogP) is 7.29. The summed E-state index contributed by atoms with van der Waals surface area (Å²) in [6.45, 7) is 15.0. The summed E-state index contributed by atoms with van der Waals surface area (Å²) < 4.78 is 16.3. The number of ether oxygens (including phenoxy) is 3. The minimum atomic E-state index is -0.551. The maximum atomic E-state index is 11.1. The lowest BCUT2D eigenvalue weighted by Gasteiger charge is -2.26. The number of rotatable bonds is 8. The molecule has 4 aliphatic heterocycles. The van der Waals surface area contributed by atoms with Crippen LogP contribution in [0, 0.1) is 30.3 Å². The fraction of sp³-hybridized carbons (Fsp3) is 0.489. The molecule has 4 aromatic rings. The van der Waals surface area contributed by atoms with Gasteiger partial charge in [-0.3, -0.25) is 30.3 Å². The number of nitro benzene ring substituents is 3. The van der Waals surface area contributed by atoms with Gasteiger partial charge in [0.2, 0.25) is 0 Å². The van der Waals surface area contributed by atoms with E-state index in [0.29, 0.717) is 18.0 Å². The molecule has 0 aliphatic carbocycles. The van der Waals surface area contributed by atoms with E-state index >= 15 is 0 Å². The number of nitrogen functional groups attached to an aromatic ring is 1. The average molecular weight is 901 g/mol.